The van der Waals surface area contributed by atoms with Crippen LogP contribution in [0.5, 0.6) is 17.2 Å². The summed E-state index contributed by atoms with van der Waals surface area (Å²) in [6.07, 6.45) is 0. The second kappa shape index (κ2) is 7.04. The number of aryl methyl sites for hydroxylation is 1. The molecule has 0 saturated heterocycles. The van der Waals surface area contributed by atoms with Gasteiger partial charge in [-0.2, -0.15) is 5.10 Å². The average molecular weight is 326 g/mol. The number of amides is 1. The van der Waals surface area contributed by atoms with Crippen molar-refractivity contribution in [2.75, 3.05) is 20.3 Å². The fraction of sp³-hybridized carbons (Fsp3) is 0.222. The maximum Gasteiger partial charge on any atom is 0.271 e. The molecule has 0 aromatic heterocycles. The Hall–Kier alpha value is -3.02. The van der Waals surface area contributed by atoms with E-state index < -0.39 is 0 Å². The molecular formula is C18H18N2O4. The summed E-state index contributed by atoms with van der Waals surface area (Å²) in [4.78, 5) is 12.1. The molecule has 124 valence electrons. The SMILES string of the molecule is COc1ccc(C(=O)N/N=C2\COc3ccc(C)cc3OC2)cc1. The summed E-state index contributed by atoms with van der Waals surface area (Å²) in [7, 11) is 1.58. The molecule has 0 radical (unpaired) electrons. The first-order chi connectivity index (χ1) is 11.7. The van der Waals surface area contributed by atoms with Crippen LogP contribution in [0.4, 0.5) is 0 Å². The molecule has 2 aromatic rings. The Balaban J connectivity index is 1.63. The summed E-state index contributed by atoms with van der Waals surface area (Å²) in [6.45, 7) is 2.51. The van der Waals surface area contributed by atoms with E-state index >= 15 is 0 Å². The molecule has 0 bridgehead atoms. The van der Waals surface area contributed by atoms with Crippen molar-refractivity contribution in [1.82, 2.24) is 5.43 Å². The number of hydrogen-bond donors (Lipinski definition) is 1. The van der Waals surface area contributed by atoms with Gasteiger partial charge in [0, 0.05) is 5.56 Å². The summed E-state index contributed by atoms with van der Waals surface area (Å²) in [5, 5.41) is 4.10. The molecule has 6 heteroatoms. The average Bonchev–Trinajstić information content (AvgIpc) is 2.81. The van der Waals surface area contributed by atoms with Crippen LogP contribution in [0.3, 0.4) is 0 Å². The van der Waals surface area contributed by atoms with Crippen molar-refractivity contribution in [3.05, 3.63) is 53.6 Å². The van der Waals surface area contributed by atoms with Crippen LogP contribution < -0.4 is 19.6 Å². The normalized spacial score (nSPS) is 14.8. The van der Waals surface area contributed by atoms with Crippen molar-refractivity contribution >= 4 is 11.6 Å². The molecule has 2 aromatic carbocycles. The van der Waals surface area contributed by atoms with Crippen molar-refractivity contribution in [3.8, 4) is 17.2 Å². The minimum absolute atomic E-state index is 0.263. The molecule has 0 aliphatic carbocycles. The number of ether oxygens (including phenoxy) is 3. The molecule has 0 atom stereocenters. The van der Waals surface area contributed by atoms with E-state index in [4.69, 9.17) is 14.2 Å². The third-order valence-electron chi connectivity index (χ3n) is 3.56. The van der Waals surface area contributed by atoms with Crippen molar-refractivity contribution in [2.45, 2.75) is 6.92 Å². The van der Waals surface area contributed by atoms with E-state index in [2.05, 4.69) is 10.5 Å². The largest absolute Gasteiger partial charge is 0.497 e. The molecule has 3 rings (SSSR count). The monoisotopic (exact) mass is 326 g/mol. The number of hydrazone groups is 1. The number of carbonyl (C=O) groups excluding carboxylic acids is 1. The summed E-state index contributed by atoms with van der Waals surface area (Å²) < 4.78 is 16.4. The third-order valence-corrected chi connectivity index (χ3v) is 3.56. The highest BCUT2D eigenvalue weighted by molar-refractivity contribution is 5.96. The first-order valence-electron chi connectivity index (χ1n) is 7.52. The fourth-order valence-corrected chi connectivity index (χ4v) is 2.21. The summed E-state index contributed by atoms with van der Waals surface area (Å²) >= 11 is 0. The van der Waals surface area contributed by atoms with Gasteiger partial charge in [0.2, 0.25) is 0 Å². The number of nitrogens with zero attached hydrogens (tertiary/aromatic N) is 1. The van der Waals surface area contributed by atoms with Crippen molar-refractivity contribution in [2.24, 2.45) is 5.10 Å². The van der Waals surface area contributed by atoms with E-state index in [9.17, 15) is 4.79 Å². The van der Waals surface area contributed by atoms with Crippen molar-refractivity contribution in [3.63, 3.8) is 0 Å². The number of hydrogen-bond acceptors (Lipinski definition) is 5. The van der Waals surface area contributed by atoms with E-state index in [1.54, 1.807) is 31.4 Å². The van der Waals surface area contributed by atoms with Crippen LogP contribution in [0.1, 0.15) is 15.9 Å². The highest BCUT2D eigenvalue weighted by Crippen LogP contribution is 2.29. The van der Waals surface area contributed by atoms with Gasteiger partial charge in [-0.15, -0.1) is 0 Å². The quantitative estimate of drug-likeness (QED) is 0.880. The van der Waals surface area contributed by atoms with Crippen LogP contribution in [0.25, 0.3) is 0 Å². The van der Waals surface area contributed by atoms with Crippen LogP contribution in [-0.4, -0.2) is 31.9 Å². The van der Waals surface area contributed by atoms with Gasteiger partial charge in [-0.25, -0.2) is 5.43 Å². The number of carbonyl (C=O) groups is 1. The van der Waals surface area contributed by atoms with Gasteiger partial charge in [-0.1, -0.05) is 6.07 Å². The topological polar surface area (TPSA) is 69.2 Å². The molecular weight excluding hydrogens is 308 g/mol. The second-order valence-corrected chi connectivity index (χ2v) is 5.37. The molecule has 1 aliphatic rings. The van der Waals surface area contributed by atoms with Crippen LogP contribution >= 0.6 is 0 Å². The smallest absolute Gasteiger partial charge is 0.271 e. The number of fused-ring (bicyclic) bond motifs is 1. The molecule has 6 nitrogen and oxygen atoms in total. The van der Waals surface area contributed by atoms with Gasteiger partial charge in [-0.05, 0) is 48.9 Å². The maximum atomic E-state index is 12.1. The lowest BCUT2D eigenvalue weighted by molar-refractivity contribution is 0.0954. The Morgan fingerprint density at radius 2 is 1.79 bits per heavy atom. The Kier molecular flexibility index (Phi) is 4.65. The Bertz CT molecular complexity index is 769. The van der Waals surface area contributed by atoms with E-state index in [0.717, 1.165) is 5.56 Å². The van der Waals surface area contributed by atoms with E-state index in [1.165, 1.54) is 0 Å². The van der Waals surface area contributed by atoms with Crippen LogP contribution in [-0.2, 0) is 0 Å². The van der Waals surface area contributed by atoms with Gasteiger partial charge in [0.15, 0.2) is 11.5 Å². The molecule has 1 amide bonds. The van der Waals surface area contributed by atoms with Gasteiger partial charge < -0.3 is 14.2 Å². The first kappa shape index (κ1) is 15.9. The van der Waals surface area contributed by atoms with Crippen molar-refractivity contribution < 1.29 is 19.0 Å². The molecule has 1 aliphatic heterocycles. The second-order valence-electron chi connectivity index (χ2n) is 5.37. The maximum absolute atomic E-state index is 12.1. The molecule has 1 heterocycles. The Morgan fingerprint density at radius 3 is 2.50 bits per heavy atom. The molecule has 0 unspecified atom stereocenters. The van der Waals surface area contributed by atoms with Gasteiger partial charge in [-0.3, -0.25) is 4.79 Å². The third kappa shape index (κ3) is 3.65. The van der Waals surface area contributed by atoms with Gasteiger partial charge in [0.1, 0.15) is 24.7 Å². The Morgan fingerprint density at radius 1 is 1.08 bits per heavy atom. The molecule has 0 saturated carbocycles. The molecule has 24 heavy (non-hydrogen) atoms. The lowest BCUT2D eigenvalue weighted by Gasteiger charge is -2.06. The zero-order chi connectivity index (χ0) is 16.9. The number of rotatable bonds is 3. The predicted octanol–water partition coefficient (Wildman–Crippen LogP) is 2.56. The van der Waals surface area contributed by atoms with Gasteiger partial charge in [0.05, 0.1) is 7.11 Å². The lowest BCUT2D eigenvalue weighted by Crippen LogP contribution is -2.24. The zero-order valence-corrected chi connectivity index (χ0v) is 13.5. The van der Waals surface area contributed by atoms with Crippen molar-refractivity contribution in [1.29, 1.82) is 0 Å². The highest BCUT2D eigenvalue weighted by Gasteiger charge is 2.14. The fourth-order valence-electron chi connectivity index (χ4n) is 2.21. The van der Waals surface area contributed by atoms with E-state index in [1.807, 2.05) is 25.1 Å². The minimum Gasteiger partial charge on any atom is -0.497 e. The predicted molar refractivity (Wildman–Crippen MR) is 90.1 cm³/mol. The Labute approximate surface area is 140 Å². The number of benzene rings is 2. The molecule has 1 N–H and O–H groups in total. The summed E-state index contributed by atoms with van der Waals surface area (Å²) in [5.41, 5.74) is 4.71. The summed E-state index contributed by atoms with van der Waals surface area (Å²) in [5.74, 6) is 1.74. The van der Waals surface area contributed by atoms with Crippen LogP contribution in [0, 0.1) is 6.92 Å². The minimum atomic E-state index is -0.303. The van der Waals surface area contributed by atoms with Crippen LogP contribution in [0.15, 0.2) is 47.6 Å². The zero-order valence-electron chi connectivity index (χ0n) is 13.5. The first-order valence-corrected chi connectivity index (χ1v) is 7.52. The van der Waals surface area contributed by atoms with E-state index in [-0.39, 0.29) is 19.1 Å². The highest BCUT2D eigenvalue weighted by atomic mass is 16.5. The number of nitrogens with one attached hydrogen (secondary N) is 1. The van der Waals surface area contributed by atoms with E-state index in [0.29, 0.717) is 28.5 Å². The molecule has 0 fully saturated rings. The number of methoxy groups -OCH3 is 1. The van der Waals surface area contributed by atoms with Crippen LogP contribution in [0.2, 0.25) is 0 Å². The van der Waals surface area contributed by atoms with Gasteiger partial charge >= 0.3 is 0 Å². The summed E-state index contributed by atoms with van der Waals surface area (Å²) in [6, 6.07) is 12.5. The standard InChI is InChI=1S/C18H18N2O4/c1-12-3-8-16-17(9-12)24-11-14(10-23-16)19-20-18(21)13-4-6-15(22-2)7-5-13/h3-9H,10-11H2,1-2H3,(H,20,21)/b19-14+. The van der Waals surface area contributed by atoms with Gasteiger partial charge in [0.25, 0.3) is 5.91 Å². The molecule has 0 spiro atoms. The lowest BCUT2D eigenvalue weighted by atomic mass is 10.2.